The van der Waals surface area contributed by atoms with E-state index in [0.717, 1.165) is 11.1 Å². The molecular formula is C19H17N3O3. The highest BCUT2D eigenvalue weighted by Gasteiger charge is 2.12. The zero-order valence-corrected chi connectivity index (χ0v) is 13.7. The van der Waals surface area contributed by atoms with Crippen LogP contribution in [-0.4, -0.2) is 11.9 Å². The molecule has 2 aromatic carbocycles. The SMILES string of the molecule is Cc1ccc(COc2ccccc2/C=C(/C#N)C(=O)NC(N)=O)cc1. The molecule has 0 heterocycles. The molecule has 0 aromatic heterocycles. The third kappa shape index (κ3) is 5.22. The van der Waals surface area contributed by atoms with Crippen molar-refractivity contribution in [3.63, 3.8) is 0 Å². The van der Waals surface area contributed by atoms with Gasteiger partial charge in [0.1, 0.15) is 24.0 Å². The average molecular weight is 335 g/mol. The molecule has 0 saturated heterocycles. The topological polar surface area (TPSA) is 105 Å². The number of benzene rings is 2. The smallest absolute Gasteiger partial charge is 0.319 e. The second kappa shape index (κ2) is 8.31. The molecule has 0 radical (unpaired) electrons. The van der Waals surface area contributed by atoms with Gasteiger partial charge in [-0.2, -0.15) is 5.26 Å². The summed E-state index contributed by atoms with van der Waals surface area (Å²) in [6.45, 7) is 2.35. The Balaban J connectivity index is 2.20. The molecule has 2 aromatic rings. The molecule has 0 aliphatic carbocycles. The number of nitrogens with zero attached hydrogens (tertiary/aromatic N) is 1. The molecule has 0 bridgehead atoms. The molecule has 0 saturated carbocycles. The maximum Gasteiger partial charge on any atom is 0.319 e. The van der Waals surface area contributed by atoms with Crippen LogP contribution in [0.5, 0.6) is 5.75 Å². The number of nitrogens with two attached hydrogens (primary N) is 1. The van der Waals surface area contributed by atoms with E-state index in [1.54, 1.807) is 30.3 Å². The number of amides is 3. The Hall–Kier alpha value is -3.59. The summed E-state index contributed by atoms with van der Waals surface area (Å²) in [5.41, 5.74) is 7.36. The van der Waals surface area contributed by atoms with Gasteiger partial charge in [-0.3, -0.25) is 10.1 Å². The summed E-state index contributed by atoms with van der Waals surface area (Å²) in [6, 6.07) is 15.6. The van der Waals surface area contributed by atoms with Crippen LogP contribution in [0, 0.1) is 18.3 Å². The van der Waals surface area contributed by atoms with Crippen molar-refractivity contribution < 1.29 is 14.3 Å². The van der Waals surface area contributed by atoms with E-state index in [1.165, 1.54) is 6.08 Å². The van der Waals surface area contributed by atoms with Crippen LogP contribution in [0.15, 0.2) is 54.1 Å². The number of ether oxygens (including phenoxy) is 1. The molecule has 0 spiro atoms. The first kappa shape index (κ1) is 17.8. The normalized spacial score (nSPS) is 10.6. The molecule has 3 N–H and O–H groups in total. The van der Waals surface area contributed by atoms with Gasteiger partial charge < -0.3 is 10.5 Å². The van der Waals surface area contributed by atoms with E-state index >= 15 is 0 Å². The van der Waals surface area contributed by atoms with Crippen molar-refractivity contribution in [1.29, 1.82) is 5.26 Å². The fourth-order valence-corrected chi connectivity index (χ4v) is 2.06. The molecule has 0 fully saturated rings. The van der Waals surface area contributed by atoms with Gasteiger partial charge in [-0.1, -0.05) is 48.0 Å². The zero-order valence-electron chi connectivity index (χ0n) is 13.7. The first-order chi connectivity index (χ1) is 12.0. The number of primary amides is 1. The molecule has 0 atom stereocenters. The molecule has 126 valence electrons. The van der Waals surface area contributed by atoms with E-state index in [2.05, 4.69) is 0 Å². The summed E-state index contributed by atoms with van der Waals surface area (Å²) in [7, 11) is 0. The highest BCUT2D eigenvalue weighted by molar-refractivity contribution is 6.08. The van der Waals surface area contributed by atoms with Gasteiger partial charge in [0.25, 0.3) is 5.91 Å². The molecule has 6 nitrogen and oxygen atoms in total. The molecule has 2 rings (SSSR count). The number of hydrogen-bond donors (Lipinski definition) is 2. The maximum absolute atomic E-state index is 11.8. The van der Waals surface area contributed by atoms with E-state index < -0.39 is 11.9 Å². The zero-order chi connectivity index (χ0) is 18.2. The lowest BCUT2D eigenvalue weighted by atomic mass is 10.1. The highest BCUT2D eigenvalue weighted by atomic mass is 16.5. The molecule has 3 amide bonds. The second-order valence-corrected chi connectivity index (χ2v) is 5.30. The van der Waals surface area contributed by atoms with Crippen molar-refractivity contribution in [2.75, 3.05) is 0 Å². The number of urea groups is 1. The first-order valence-corrected chi connectivity index (χ1v) is 7.49. The lowest BCUT2D eigenvalue weighted by Gasteiger charge is -2.10. The van der Waals surface area contributed by atoms with Crippen LogP contribution < -0.4 is 15.8 Å². The summed E-state index contributed by atoms with van der Waals surface area (Å²) in [6.07, 6.45) is 1.35. The predicted molar refractivity (Wildman–Crippen MR) is 93.3 cm³/mol. The van der Waals surface area contributed by atoms with Crippen LogP contribution in [0.4, 0.5) is 4.79 Å². The number of carbonyl (C=O) groups excluding carboxylic acids is 2. The van der Waals surface area contributed by atoms with Crippen molar-refractivity contribution >= 4 is 18.0 Å². The molecule has 6 heteroatoms. The Morgan fingerprint density at radius 1 is 1.20 bits per heavy atom. The predicted octanol–water partition coefficient (Wildman–Crippen LogP) is 2.68. The minimum Gasteiger partial charge on any atom is -0.488 e. The van der Waals surface area contributed by atoms with Crippen molar-refractivity contribution in [3.05, 3.63) is 70.8 Å². The molecule has 0 unspecified atom stereocenters. The van der Waals surface area contributed by atoms with E-state index in [1.807, 2.05) is 36.5 Å². The Labute approximate surface area is 145 Å². The molecule has 0 aliphatic heterocycles. The Morgan fingerprint density at radius 3 is 2.52 bits per heavy atom. The minimum atomic E-state index is -1.02. The first-order valence-electron chi connectivity index (χ1n) is 7.49. The Morgan fingerprint density at radius 2 is 1.88 bits per heavy atom. The van der Waals surface area contributed by atoms with Crippen LogP contribution in [0.1, 0.15) is 16.7 Å². The van der Waals surface area contributed by atoms with Gasteiger partial charge in [-0.25, -0.2) is 4.79 Å². The Bertz CT molecular complexity index is 849. The number of hydrogen-bond acceptors (Lipinski definition) is 4. The molecular weight excluding hydrogens is 318 g/mol. The van der Waals surface area contributed by atoms with Crippen LogP contribution >= 0.6 is 0 Å². The third-order valence-corrected chi connectivity index (χ3v) is 3.34. The number of nitrogens with one attached hydrogen (secondary N) is 1. The van der Waals surface area contributed by atoms with Gasteiger partial charge >= 0.3 is 6.03 Å². The van der Waals surface area contributed by atoms with Crippen molar-refractivity contribution in [2.24, 2.45) is 5.73 Å². The van der Waals surface area contributed by atoms with Gasteiger partial charge in [0.05, 0.1) is 0 Å². The second-order valence-electron chi connectivity index (χ2n) is 5.30. The van der Waals surface area contributed by atoms with Crippen LogP contribution in [0.3, 0.4) is 0 Å². The third-order valence-electron chi connectivity index (χ3n) is 3.34. The highest BCUT2D eigenvalue weighted by Crippen LogP contribution is 2.22. The van der Waals surface area contributed by atoms with Crippen LogP contribution in [0.25, 0.3) is 6.08 Å². The number of carbonyl (C=O) groups is 2. The van der Waals surface area contributed by atoms with Gasteiger partial charge in [0.15, 0.2) is 0 Å². The number of nitriles is 1. The lowest BCUT2D eigenvalue weighted by molar-refractivity contribution is -0.115. The largest absolute Gasteiger partial charge is 0.488 e. The van der Waals surface area contributed by atoms with Gasteiger partial charge in [-0.05, 0) is 24.6 Å². The maximum atomic E-state index is 11.8. The van der Waals surface area contributed by atoms with Gasteiger partial charge in [0, 0.05) is 5.56 Å². The van der Waals surface area contributed by atoms with Gasteiger partial charge in [-0.15, -0.1) is 0 Å². The Kier molecular flexibility index (Phi) is 5.91. The van der Waals surface area contributed by atoms with Crippen LogP contribution in [0.2, 0.25) is 0 Å². The fraction of sp³-hybridized carbons (Fsp3) is 0.105. The van der Waals surface area contributed by atoms with Crippen molar-refractivity contribution in [1.82, 2.24) is 5.32 Å². The van der Waals surface area contributed by atoms with Gasteiger partial charge in [0.2, 0.25) is 0 Å². The quantitative estimate of drug-likeness (QED) is 0.647. The number of aryl methyl sites for hydroxylation is 1. The van der Waals surface area contributed by atoms with E-state index in [-0.39, 0.29) is 5.57 Å². The number of rotatable bonds is 5. The molecule has 0 aliphatic rings. The van der Waals surface area contributed by atoms with Crippen molar-refractivity contribution in [3.8, 4) is 11.8 Å². The van der Waals surface area contributed by atoms with E-state index in [4.69, 9.17) is 15.7 Å². The molecule has 25 heavy (non-hydrogen) atoms. The van der Waals surface area contributed by atoms with E-state index in [9.17, 15) is 9.59 Å². The number of imide groups is 1. The summed E-state index contributed by atoms with van der Waals surface area (Å²) in [5, 5.41) is 11.0. The summed E-state index contributed by atoms with van der Waals surface area (Å²) in [4.78, 5) is 22.5. The van der Waals surface area contributed by atoms with Crippen LogP contribution in [-0.2, 0) is 11.4 Å². The monoisotopic (exact) mass is 335 g/mol. The average Bonchev–Trinajstić information content (AvgIpc) is 2.59. The number of para-hydroxylation sites is 1. The van der Waals surface area contributed by atoms with Crippen molar-refractivity contribution in [2.45, 2.75) is 13.5 Å². The minimum absolute atomic E-state index is 0.245. The summed E-state index contributed by atoms with van der Waals surface area (Å²) < 4.78 is 5.79. The lowest BCUT2D eigenvalue weighted by Crippen LogP contribution is -2.35. The summed E-state index contributed by atoms with van der Waals surface area (Å²) >= 11 is 0. The van der Waals surface area contributed by atoms with E-state index in [0.29, 0.717) is 17.9 Å². The standard InChI is InChI=1S/C19H17N3O3/c1-13-6-8-14(9-7-13)12-25-17-5-3-2-4-15(17)10-16(11-20)18(23)22-19(21)24/h2-10H,12H2,1H3,(H3,21,22,23,24)/b16-10-. The summed E-state index contributed by atoms with van der Waals surface area (Å²) in [5.74, 6) is -0.342. The fourth-order valence-electron chi connectivity index (χ4n) is 2.06.